The van der Waals surface area contributed by atoms with Crippen molar-refractivity contribution < 1.29 is 8.42 Å². The predicted molar refractivity (Wildman–Crippen MR) is 146 cm³/mol. The van der Waals surface area contributed by atoms with Crippen LogP contribution in [0.5, 0.6) is 0 Å². The average Bonchev–Trinajstić information content (AvgIpc) is 3.30. The third-order valence-electron chi connectivity index (χ3n) is 6.06. The highest BCUT2D eigenvalue weighted by Crippen LogP contribution is 2.33. The quantitative estimate of drug-likeness (QED) is 0.391. The van der Waals surface area contributed by atoms with Crippen molar-refractivity contribution in [1.82, 2.24) is 24.2 Å². The number of hydrogen-bond acceptors (Lipinski definition) is 6. The van der Waals surface area contributed by atoms with E-state index in [0.717, 1.165) is 28.1 Å². The molecule has 11 heteroatoms. The minimum Gasteiger partial charge on any atom is -0.364 e. The lowest BCUT2D eigenvalue weighted by molar-refractivity contribution is 0.320. The summed E-state index contributed by atoms with van der Waals surface area (Å²) in [5.41, 5.74) is 4.85. The fraction of sp³-hybridized carbons (Fsp3) is 0.240. The van der Waals surface area contributed by atoms with E-state index in [1.807, 2.05) is 48.5 Å². The Labute approximate surface area is 223 Å². The number of fused-ring (bicyclic) bond motifs is 1. The monoisotopic (exact) mass is 546 g/mol. The van der Waals surface area contributed by atoms with Gasteiger partial charge in [0.2, 0.25) is 10.0 Å². The molecule has 0 saturated heterocycles. The highest BCUT2D eigenvalue weighted by atomic mass is 35.5. The maximum Gasteiger partial charge on any atom is 0.211 e. The third-order valence-corrected chi connectivity index (χ3v) is 7.34. The maximum absolute atomic E-state index is 13.0. The van der Waals surface area contributed by atoms with E-state index < -0.39 is 10.0 Å². The molecule has 0 spiro atoms. The molecule has 2 aromatic carbocycles. The number of sulfonamides is 1. The second kappa shape index (κ2) is 11.8. The van der Waals surface area contributed by atoms with Crippen LogP contribution in [0, 0.1) is 0 Å². The van der Waals surface area contributed by atoms with E-state index in [1.54, 1.807) is 35.3 Å². The Morgan fingerprint density at radius 1 is 1.03 bits per heavy atom. The predicted octanol–water partition coefficient (Wildman–Crippen LogP) is 4.10. The molecule has 2 aromatic heterocycles. The van der Waals surface area contributed by atoms with Crippen LogP contribution in [-0.2, 0) is 29.5 Å². The number of aromatic nitrogens is 4. The SMILES string of the molecule is CS(=O)(=O)N1Cc2cc(-c3ncccn3)ccc2N(Cc2cnc[nH]2)CC1Cc1ccccc1.Cl.Cl. The number of anilines is 1. The fourth-order valence-corrected chi connectivity index (χ4v) is 5.57. The molecule has 36 heavy (non-hydrogen) atoms. The van der Waals surface area contributed by atoms with E-state index in [1.165, 1.54) is 6.26 Å². The van der Waals surface area contributed by atoms with Gasteiger partial charge in [0.15, 0.2) is 5.82 Å². The smallest absolute Gasteiger partial charge is 0.211 e. The van der Waals surface area contributed by atoms with Crippen molar-refractivity contribution in [1.29, 1.82) is 0 Å². The van der Waals surface area contributed by atoms with Crippen molar-refractivity contribution in [2.45, 2.75) is 25.6 Å². The normalized spacial score (nSPS) is 15.8. The van der Waals surface area contributed by atoms with Gasteiger partial charge in [0.1, 0.15) is 0 Å². The van der Waals surface area contributed by atoms with Crippen LogP contribution in [0.3, 0.4) is 0 Å². The number of benzene rings is 2. The molecule has 190 valence electrons. The lowest BCUT2D eigenvalue weighted by Crippen LogP contribution is -2.45. The molecular formula is C25H28Cl2N6O2S. The van der Waals surface area contributed by atoms with Crippen LogP contribution in [0.4, 0.5) is 5.69 Å². The van der Waals surface area contributed by atoms with E-state index in [9.17, 15) is 8.42 Å². The van der Waals surface area contributed by atoms with Crippen molar-refractivity contribution in [3.8, 4) is 11.4 Å². The summed E-state index contributed by atoms with van der Waals surface area (Å²) in [7, 11) is -3.47. The molecule has 0 amide bonds. The zero-order valence-electron chi connectivity index (χ0n) is 19.7. The van der Waals surface area contributed by atoms with Crippen LogP contribution >= 0.6 is 24.8 Å². The molecule has 0 aliphatic carbocycles. The number of nitrogens with zero attached hydrogens (tertiary/aromatic N) is 5. The summed E-state index contributed by atoms with van der Waals surface area (Å²) in [5, 5.41) is 0. The van der Waals surface area contributed by atoms with E-state index in [0.29, 0.717) is 25.3 Å². The fourth-order valence-electron chi connectivity index (χ4n) is 4.52. The van der Waals surface area contributed by atoms with Gasteiger partial charge in [-0.2, -0.15) is 4.31 Å². The van der Waals surface area contributed by atoms with Crippen LogP contribution in [0.1, 0.15) is 16.8 Å². The Balaban J connectivity index is 0.00000180. The lowest BCUT2D eigenvalue weighted by Gasteiger charge is -2.31. The number of halogens is 2. The largest absolute Gasteiger partial charge is 0.364 e. The summed E-state index contributed by atoms with van der Waals surface area (Å²) in [4.78, 5) is 18.3. The Kier molecular flexibility index (Phi) is 9.08. The number of hydrogen-bond donors (Lipinski definition) is 1. The van der Waals surface area contributed by atoms with Gasteiger partial charge in [-0.1, -0.05) is 30.3 Å². The maximum atomic E-state index is 13.0. The first-order valence-corrected chi connectivity index (χ1v) is 13.0. The molecule has 1 aliphatic rings. The molecule has 5 rings (SSSR count). The van der Waals surface area contributed by atoms with Gasteiger partial charge in [0.05, 0.1) is 24.8 Å². The standard InChI is InChI=1S/C25H26N6O2S.2ClH/c1-34(32,33)31-15-21-13-20(25-27-10-5-11-28-25)8-9-24(21)30(16-22-14-26-18-29-22)17-23(31)12-19-6-3-2-4-7-19;;/h2-11,13-14,18,23H,12,15-17H2,1H3,(H,26,29);2*1H. The second-order valence-corrected chi connectivity index (χ2v) is 10.5. The van der Waals surface area contributed by atoms with Gasteiger partial charge in [0, 0.05) is 49.0 Å². The summed E-state index contributed by atoms with van der Waals surface area (Å²) in [6.07, 6.45) is 8.79. The van der Waals surface area contributed by atoms with E-state index >= 15 is 0 Å². The van der Waals surface area contributed by atoms with Crippen molar-refractivity contribution in [2.24, 2.45) is 0 Å². The molecule has 0 saturated carbocycles. The first-order chi connectivity index (χ1) is 16.5. The molecule has 4 aromatic rings. The second-order valence-electron chi connectivity index (χ2n) is 8.53. The van der Waals surface area contributed by atoms with Gasteiger partial charge in [0.25, 0.3) is 0 Å². The van der Waals surface area contributed by atoms with Gasteiger partial charge >= 0.3 is 0 Å². The molecule has 0 fully saturated rings. The zero-order valence-corrected chi connectivity index (χ0v) is 22.1. The molecule has 1 N–H and O–H groups in total. The van der Waals surface area contributed by atoms with Crippen molar-refractivity contribution in [3.63, 3.8) is 0 Å². The number of nitrogens with one attached hydrogen (secondary N) is 1. The molecule has 3 heterocycles. The van der Waals surface area contributed by atoms with Gasteiger partial charge in [-0.05, 0) is 41.8 Å². The highest BCUT2D eigenvalue weighted by molar-refractivity contribution is 7.88. The minimum atomic E-state index is -3.47. The van der Waals surface area contributed by atoms with E-state index in [4.69, 9.17) is 0 Å². The van der Waals surface area contributed by atoms with Crippen molar-refractivity contribution in [2.75, 3.05) is 17.7 Å². The number of H-pyrrole nitrogens is 1. The topological polar surface area (TPSA) is 95.1 Å². The summed E-state index contributed by atoms with van der Waals surface area (Å²) in [5.74, 6) is 0.612. The van der Waals surface area contributed by atoms with E-state index in [-0.39, 0.29) is 37.4 Å². The molecule has 0 radical (unpaired) electrons. The van der Waals surface area contributed by atoms with Gasteiger partial charge in [-0.25, -0.2) is 23.4 Å². The number of aromatic amines is 1. The highest BCUT2D eigenvalue weighted by Gasteiger charge is 2.33. The molecule has 8 nitrogen and oxygen atoms in total. The summed E-state index contributed by atoms with van der Waals surface area (Å²) in [6, 6.07) is 17.6. The van der Waals surface area contributed by atoms with Crippen molar-refractivity contribution >= 4 is 40.5 Å². The van der Waals surface area contributed by atoms with Crippen LogP contribution in [0.25, 0.3) is 11.4 Å². The Bertz CT molecular complexity index is 1360. The van der Waals surface area contributed by atoms with Crippen molar-refractivity contribution in [3.05, 3.63) is 96.3 Å². The van der Waals surface area contributed by atoms with Crippen LogP contribution in [0.2, 0.25) is 0 Å². The minimum absolute atomic E-state index is 0. The van der Waals surface area contributed by atoms with Crippen LogP contribution in [-0.4, -0.2) is 51.5 Å². The lowest BCUT2D eigenvalue weighted by atomic mass is 10.1. The summed E-state index contributed by atoms with van der Waals surface area (Å²) in [6.45, 7) is 1.43. The molecular weight excluding hydrogens is 519 g/mol. The third kappa shape index (κ3) is 6.22. The zero-order chi connectivity index (χ0) is 23.5. The average molecular weight is 548 g/mol. The van der Waals surface area contributed by atoms with Crippen LogP contribution in [0.15, 0.2) is 79.5 Å². The molecule has 1 atom stereocenters. The van der Waals surface area contributed by atoms with Gasteiger partial charge in [-0.15, -0.1) is 24.8 Å². The Hall–Kier alpha value is -2.98. The molecule has 1 unspecified atom stereocenters. The van der Waals surface area contributed by atoms with E-state index in [2.05, 4.69) is 24.8 Å². The molecule has 1 aliphatic heterocycles. The first-order valence-electron chi connectivity index (χ1n) is 11.1. The van der Waals surface area contributed by atoms with Crippen LogP contribution < -0.4 is 4.90 Å². The Morgan fingerprint density at radius 3 is 2.44 bits per heavy atom. The molecule has 0 bridgehead atoms. The first kappa shape index (κ1) is 27.6. The summed E-state index contributed by atoms with van der Waals surface area (Å²) < 4.78 is 27.6. The Morgan fingerprint density at radius 2 is 1.78 bits per heavy atom. The summed E-state index contributed by atoms with van der Waals surface area (Å²) >= 11 is 0. The van der Waals surface area contributed by atoms with Gasteiger partial charge in [-0.3, -0.25) is 0 Å². The number of rotatable bonds is 6. The van der Waals surface area contributed by atoms with Gasteiger partial charge < -0.3 is 9.88 Å². The number of imidazole rings is 1.